The molecule has 1 unspecified atom stereocenters. The molecule has 1 aliphatic heterocycles. The third-order valence-electron chi connectivity index (χ3n) is 5.06. The molecule has 4 heterocycles. The predicted molar refractivity (Wildman–Crippen MR) is 111 cm³/mol. The summed E-state index contributed by atoms with van der Waals surface area (Å²) < 4.78 is 1.85. The summed E-state index contributed by atoms with van der Waals surface area (Å²) in [5.41, 5.74) is 2.46. The number of likely N-dealkylation sites (N-methyl/N-ethyl adjacent to an activating group) is 1. The van der Waals surface area contributed by atoms with E-state index in [-0.39, 0.29) is 30.1 Å². The predicted octanol–water partition coefficient (Wildman–Crippen LogP) is 1.55. The van der Waals surface area contributed by atoms with E-state index in [9.17, 15) is 14.4 Å². The number of hydrogen-bond donors (Lipinski definition) is 2. The van der Waals surface area contributed by atoms with Gasteiger partial charge in [-0.25, -0.2) is 9.97 Å². The van der Waals surface area contributed by atoms with Gasteiger partial charge in [-0.1, -0.05) is 6.07 Å². The standard InChI is InChI=1S/C20H22N6O3S/c1-12-5-6-16-23-13(10-25(16)9-12)20(29)26-7-3-4-15(26)19-24-14(11-30-19)18(28)22-8-17(27)21-2/h5-6,9-11,15H,3-4,7-8H2,1-2H3,(H,21,27)(H,22,28). The normalized spacial score (nSPS) is 16.1. The average Bonchev–Trinajstić information content (AvgIpc) is 3.49. The van der Waals surface area contributed by atoms with Gasteiger partial charge in [0.1, 0.15) is 22.0 Å². The maximum Gasteiger partial charge on any atom is 0.274 e. The van der Waals surface area contributed by atoms with Crippen LogP contribution in [0.2, 0.25) is 0 Å². The van der Waals surface area contributed by atoms with Crippen molar-refractivity contribution in [1.29, 1.82) is 0 Å². The molecule has 0 radical (unpaired) electrons. The van der Waals surface area contributed by atoms with Crippen molar-refractivity contribution < 1.29 is 14.4 Å². The molecule has 9 nitrogen and oxygen atoms in total. The van der Waals surface area contributed by atoms with Gasteiger partial charge in [-0.15, -0.1) is 11.3 Å². The van der Waals surface area contributed by atoms with E-state index in [1.807, 2.05) is 29.7 Å². The molecule has 0 saturated carbocycles. The van der Waals surface area contributed by atoms with Gasteiger partial charge in [0, 0.05) is 31.4 Å². The molecular formula is C20H22N6O3S. The van der Waals surface area contributed by atoms with Crippen molar-refractivity contribution in [2.24, 2.45) is 0 Å². The first-order chi connectivity index (χ1) is 14.5. The summed E-state index contributed by atoms with van der Waals surface area (Å²) in [5.74, 6) is -0.832. The van der Waals surface area contributed by atoms with Crippen molar-refractivity contribution >= 4 is 34.7 Å². The van der Waals surface area contributed by atoms with Gasteiger partial charge < -0.3 is 19.9 Å². The number of amides is 3. The second-order valence-electron chi connectivity index (χ2n) is 7.18. The van der Waals surface area contributed by atoms with Crippen LogP contribution in [0.3, 0.4) is 0 Å². The number of nitrogens with one attached hydrogen (secondary N) is 2. The van der Waals surface area contributed by atoms with Crippen molar-refractivity contribution in [3.05, 3.63) is 51.9 Å². The van der Waals surface area contributed by atoms with E-state index in [1.54, 1.807) is 16.5 Å². The van der Waals surface area contributed by atoms with Gasteiger partial charge in [0.15, 0.2) is 0 Å². The van der Waals surface area contributed by atoms with E-state index < -0.39 is 5.91 Å². The van der Waals surface area contributed by atoms with Gasteiger partial charge in [-0.2, -0.15) is 0 Å². The van der Waals surface area contributed by atoms with Crippen LogP contribution in [0.1, 0.15) is 50.4 Å². The third-order valence-corrected chi connectivity index (χ3v) is 6.01. The highest BCUT2D eigenvalue weighted by atomic mass is 32.1. The van der Waals surface area contributed by atoms with Crippen LogP contribution in [0.5, 0.6) is 0 Å². The molecule has 0 bridgehead atoms. The molecule has 4 rings (SSSR count). The van der Waals surface area contributed by atoms with Gasteiger partial charge >= 0.3 is 0 Å². The Balaban J connectivity index is 1.50. The summed E-state index contributed by atoms with van der Waals surface area (Å²) in [6, 6.07) is 3.66. The van der Waals surface area contributed by atoms with Gasteiger partial charge in [0.25, 0.3) is 11.8 Å². The van der Waals surface area contributed by atoms with Gasteiger partial charge in [-0.3, -0.25) is 14.4 Å². The van der Waals surface area contributed by atoms with Crippen LogP contribution in [-0.2, 0) is 4.79 Å². The molecule has 0 aliphatic carbocycles. The summed E-state index contributed by atoms with van der Waals surface area (Å²) in [7, 11) is 1.51. The lowest BCUT2D eigenvalue weighted by atomic mass is 10.2. The first-order valence-corrected chi connectivity index (χ1v) is 10.5. The Morgan fingerprint density at radius 2 is 2.03 bits per heavy atom. The van der Waals surface area contributed by atoms with Crippen molar-refractivity contribution in [1.82, 2.24) is 29.9 Å². The largest absolute Gasteiger partial charge is 0.358 e. The van der Waals surface area contributed by atoms with E-state index in [0.29, 0.717) is 17.2 Å². The lowest BCUT2D eigenvalue weighted by Crippen LogP contribution is -2.35. The van der Waals surface area contributed by atoms with Crippen LogP contribution >= 0.6 is 11.3 Å². The molecule has 3 amide bonds. The molecule has 1 saturated heterocycles. The Morgan fingerprint density at radius 1 is 1.20 bits per heavy atom. The molecule has 30 heavy (non-hydrogen) atoms. The van der Waals surface area contributed by atoms with E-state index in [0.717, 1.165) is 24.1 Å². The van der Waals surface area contributed by atoms with Crippen molar-refractivity contribution in [2.75, 3.05) is 20.1 Å². The highest BCUT2D eigenvalue weighted by molar-refractivity contribution is 7.09. The number of aryl methyl sites for hydroxylation is 1. The number of hydrogen-bond acceptors (Lipinski definition) is 6. The Kier molecular flexibility index (Phi) is 5.49. The second-order valence-corrected chi connectivity index (χ2v) is 8.07. The molecule has 1 aliphatic rings. The molecule has 1 atom stereocenters. The van der Waals surface area contributed by atoms with E-state index in [1.165, 1.54) is 18.4 Å². The van der Waals surface area contributed by atoms with E-state index >= 15 is 0 Å². The Hall–Kier alpha value is -3.27. The minimum absolute atomic E-state index is 0.108. The quantitative estimate of drug-likeness (QED) is 0.644. The number of nitrogens with zero attached hydrogens (tertiary/aromatic N) is 4. The fourth-order valence-corrected chi connectivity index (χ4v) is 4.45. The maximum absolute atomic E-state index is 13.1. The molecule has 156 valence electrons. The van der Waals surface area contributed by atoms with E-state index in [2.05, 4.69) is 20.6 Å². The summed E-state index contributed by atoms with van der Waals surface area (Å²) >= 11 is 1.35. The zero-order valence-electron chi connectivity index (χ0n) is 16.7. The number of aromatic nitrogens is 3. The number of fused-ring (bicyclic) bond motifs is 1. The SMILES string of the molecule is CNC(=O)CNC(=O)c1csc(C2CCCN2C(=O)c2cn3cc(C)ccc3n2)n1. The minimum atomic E-state index is -0.410. The summed E-state index contributed by atoms with van der Waals surface area (Å²) in [4.78, 5) is 47.3. The molecule has 3 aromatic heterocycles. The van der Waals surface area contributed by atoms with Crippen molar-refractivity contribution in [2.45, 2.75) is 25.8 Å². The van der Waals surface area contributed by atoms with E-state index in [4.69, 9.17) is 0 Å². The third kappa shape index (κ3) is 3.90. The monoisotopic (exact) mass is 426 g/mol. The average molecular weight is 427 g/mol. The van der Waals surface area contributed by atoms with Crippen LogP contribution in [0.25, 0.3) is 5.65 Å². The summed E-state index contributed by atoms with van der Waals surface area (Å²) in [6.07, 6.45) is 5.33. The number of likely N-dealkylation sites (tertiary alicyclic amines) is 1. The summed E-state index contributed by atoms with van der Waals surface area (Å²) in [6.45, 7) is 2.50. The zero-order chi connectivity index (χ0) is 21.3. The maximum atomic E-state index is 13.1. The van der Waals surface area contributed by atoms with Gasteiger partial charge in [-0.05, 0) is 31.4 Å². The zero-order valence-corrected chi connectivity index (χ0v) is 17.5. The smallest absolute Gasteiger partial charge is 0.274 e. The number of rotatable bonds is 5. The fraction of sp³-hybridized carbons (Fsp3) is 0.350. The molecule has 0 spiro atoms. The number of thiazole rings is 1. The highest BCUT2D eigenvalue weighted by Gasteiger charge is 2.34. The fourth-order valence-electron chi connectivity index (χ4n) is 3.50. The molecule has 0 aromatic carbocycles. The summed E-state index contributed by atoms with van der Waals surface area (Å²) in [5, 5.41) is 7.35. The molecule has 10 heteroatoms. The first-order valence-electron chi connectivity index (χ1n) is 9.67. The first kappa shape index (κ1) is 20.0. The van der Waals surface area contributed by atoms with Crippen molar-refractivity contribution in [3.8, 4) is 0 Å². The molecule has 1 fully saturated rings. The van der Waals surface area contributed by atoms with Crippen LogP contribution in [-0.4, -0.2) is 57.1 Å². The molecular weight excluding hydrogens is 404 g/mol. The number of carbonyl (C=O) groups excluding carboxylic acids is 3. The molecule has 2 N–H and O–H groups in total. The highest BCUT2D eigenvalue weighted by Crippen LogP contribution is 2.34. The number of imidazole rings is 1. The Bertz CT molecular complexity index is 1120. The Labute approximate surface area is 177 Å². The lowest BCUT2D eigenvalue weighted by molar-refractivity contribution is -0.119. The van der Waals surface area contributed by atoms with Crippen LogP contribution < -0.4 is 10.6 Å². The van der Waals surface area contributed by atoms with Crippen LogP contribution in [0.15, 0.2) is 29.9 Å². The van der Waals surface area contributed by atoms with Crippen molar-refractivity contribution in [3.63, 3.8) is 0 Å². The Morgan fingerprint density at radius 3 is 2.83 bits per heavy atom. The second kappa shape index (κ2) is 8.23. The minimum Gasteiger partial charge on any atom is -0.358 e. The number of pyridine rings is 1. The lowest BCUT2D eigenvalue weighted by Gasteiger charge is -2.22. The van der Waals surface area contributed by atoms with Gasteiger partial charge in [0.2, 0.25) is 5.91 Å². The van der Waals surface area contributed by atoms with Crippen LogP contribution in [0.4, 0.5) is 0 Å². The van der Waals surface area contributed by atoms with Crippen LogP contribution in [0, 0.1) is 6.92 Å². The topological polar surface area (TPSA) is 109 Å². The number of carbonyl (C=O) groups is 3. The van der Waals surface area contributed by atoms with Gasteiger partial charge in [0.05, 0.1) is 12.6 Å². The molecule has 3 aromatic rings.